The van der Waals surface area contributed by atoms with Gasteiger partial charge in [-0.15, -0.1) is 11.3 Å². The van der Waals surface area contributed by atoms with Crippen molar-refractivity contribution < 1.29 is 14.4 Å². The van der Waals surface area contributed by atoms with Crippen LogP contribution in [0.1, 0.15) is 22.4 Å². The molecule has 0 aliphatic carbocycles. The van der Waals surface area contributed by atoms with E-state index in [4.69, 9.17) is 0 Å². The Morgan fingerprint density at radius 3 is 2.71 bits per heavy atom. The van der Waals surface area contributed by atoms with Crippen molar-refractivity contribution in [3.05, 3.63) is 69.9 Å². The molecule has 3 aromatic rings. The summed E-state index contributed by atoms with van der Waals surface area (Å²) in [5.74, 6) is -0.461. The van der Waals surface area contributed by atoms with Gasteiger partial charge in [0, 0.05) is 30.9 Å². The zero-order chi connectivity index (χ0) is 21.6. The van der Waals surface area contributed by atoms with Crippen molar-refractivity contribution in [1.82, 2.24) is 15.5 Å². The first-order valence-electron chi connectivity index (χ1n) is 10.4. The molecule has 2 N–H and O–H groups in total. The first-order valence-corrected chi connectivity index (χ1v) is 11.3. The minimum absolute atomic E-state index is 0.0390. The maximum atomic E-state index is 12.4. The summed E-state index contributed by atoms with van der Waals surface area (Å²) >= 11 is 1.74. The summed E-state index contributed by atoms with van der Waals surface area (Å²) < 4.78 is 0. The first-order chi connectivity index (χ1) is 15.1. The molecule has 1 aliphatic heterocycles. The lowest BCUT2D eigenvalue weighted by molar-refractivity contribution is -0.132. The average Bonchev–Trinajstić information content (AvgIpc) is 3.26. The molecule has 2 heterocycles. The fourth-order valence-electron chi connectivity index (χ4n) is 3.85. The van der Waals surface area contributed by atoms with E-state index in [1.807, 2.05) is 47.4 Å². The van der Waals surface area contributed by atoms with E-state index in [0.29, 0.717) is 6.54 Å². The minimum Gasteiger partial charge on any atom is -0.354 e. The highest BCUT2D eigenvalue weighted by atomic mass is 32.1. The van der Waals surface area contributed by atoms with Crippen molar-refractivity contribution in [2.24, 2.45) is 0 Å². The lowest BCUT2D eigenvalue weighted by Gasteiger charge is -2.27. The van der Waals surface area contributed by atoms with Gasteiger partial charge >= 0.3 is 0 Å². The molecule has 0 fully saturated rings. The summed E-state index contributed by atoms with van der Waals surface area (Å²) in [4.78, 5) is 39.9. The van der Waals surface area contributed by atoms with Crippen molar-refractivity contribution in [3.63, 3.8) is 0 Å². The summed E-state index contributed by atoms with van der Waals surface area (Å²) in [7, 11) is 0. The predicted octanol–water partition coefficient (Wildman–Crippen LogP) is 2.65. The van der Waals surface area contributed by atoms with E-state index in [0.717, 1.165) is 29.3 Å². The van der Waals surface area contributed by atoms with E-state index in [2.05, 4.69) is 22.1 Å². The molecule has 7 heteroatoms. The number of nitrogens with one attached hydrogen (secondary N) is 2. The summed E-state index contributed by atoms with van der Waals surface area (Å²) in [5.41, 5.74) is 2.15. The van der Waals surface area contributed by atoms with Gasteiger partial charge in [0.25, 0.3) is 0 Å². The van der Waals surface area contributed by atoms with Gasteiger partial charge < -0.3 is 15.5 Å². The molecule has 0 radical (unpaired) electrons. The van der Waals surface area contributed by atoms with Gasteiger partial charge in [0.05, 0.1) is 13.0 Å². The van der Waals surface area contributed by atoms with Gasteiger partial charge in [-0.25, -0.2) is 0 Å². The van der Waals surface area contributed by atoms with Crippen LogP contribution in [-0.4, -0.2) is 42.3 Å². The van der Waals surface area contributed by atoms with Gasteiger partial charge in [-0.2, -0.15) is 0 Å². The van der Waals surface area contributed by atoms with Crippen LogP contribution in [0.25, 0.3) is 10.8 Å². The first kappa shape index (κ1) is 21.1. The highest BCUT2D eigenvalue weighted by molar-refractivity contribution is 7.10. The highest BCUT2D eigenvalue weighted by Gasteiger charge is 2.21. The second-order valence-electron chi connectivity index (χ2n) is 7.63. The Labute approximate surface area is 185 Å². The van der Waals surface area contributed by atoms with Crippen molar-refractivity contribution in [3.8, 4) is 0 Å². The van der Waals surface area contributed by atoms with Crippen LogP contribution in [0, 0.1) is 0 Å². The molecule has 31 heavy (non-hydrogen) atoms. The van der Waals surface area contributed by atoms with E-state index in [9.17, 15) is 14.4 Å². The second-order valence-corrected chi connectivity index (χ2v) is 8.63. The quantitative estimate of drug-likeness (QED) is 0.599. The van der Waals surface area contributed by atoms with E-state index < -0.39 is 0 Å². The molecule has 0 unspecified atom stereocenters. The van der Waals surface area contributed by atoms with E-state index >= 15 is 0 Å². The number of fused-ring (bicyclic) bond motifs is 2. The molecule has 6 nitrogen and oxygen atoms in total. The van der Waals surface area contributed by atoms with Gasteiger partial charge in [0.15, 0.2) is 0 Å². The van der Waals surface area contributed by atoms with Crippen molar-refractivity contribution in [2.75, 3.05) is 19.6 Å². The molecule has 1 aromatic heterocycles. The molecule has 160 valence electrons. The molecule has 0 bridgehead atoms. The normalized spacial score (nSPS) is 13.0. The summed E-state index contributed by atoms with van der Waals surface area (Å²) in [5, 5.41) is 9.56. The lowest BCUT2D eigenvalue weighted by atomic mass is 10.0. The minimum atomic E-state index is -0.294. The Kier molecular flexibility index (Phi) is 6.62. The third-order valence-corrected chi connectivity index (χ3v) is 6.52. The molecule has 3 amide bonds. The van der Waals surface area contributed by atoms with Crippen LogP contribution in [0.4, 0.5) is 0 Å². The van der Waals surface area contributed by atoms with E-state index in [1.54, 1.807) is 11.3 Å². The van der Waals surface area contributed by atoms with Crippen LogP contribution >= 0.6 is 11.3 Å². The Bertz CT molecular complexity index is 1100. The molecular weight excluding hydrogens is 410 g/mol. The van der Waals surface area contributed by atoms with Crippen LogP contribution in [0.2, 0.25) is 0 Å². The number of hydrogen-bond donors (Lipinski definition) is 2. The van der Waals surface area contributed by atoms with Crippen molar-refractivity contribution in [1.29, 1.82) is 0 Å². The Morgan fingerprint density at radius 1 is 0.968 bits per heavy atom. The number of benzene rings is 2. The molecular formula is C24H25N3O3S. The number of hydrogen-bond acceptors (Lipinski definition) is 4. The number of carbonyl (C=O) groups is 3. The third kappa shape index (κ3) is 5.30. The van der Waals surface area contributed by atoms with Gasteiger partial charge in [0.1, 0.15) is 0 Å². The molecule has 0 saturated heterocycles. The molecule has 4 rings (SSSR count). The average molecular weight is 436 g/mol. The fourth-order valence-corrected chi connectivity index (χ4v) is 4.74. The highest BCUT2D eigenvalue weighted by Crippen LogP contribution is 2.24. The number of thiophene rings is 1. The van der Waals surface area contributed by atoms with Gasteiger partial charge in [0.2, 0.25) is 17.7 Å². The SMILES string of the molecule is O=C(CNC(=O)Cc1cccc2ccccc12)NCCC(=O)N1CCc2sccc2C1. The Morgan fingerprint density at radius 2 is 1.81 bits per heavy atom. The molecule has 2 aromatic carbocycles. The maximum absolute atomic E-state index is 12.4. The van der Waals surface area contributed by atoms with Crippen LogP contribution in [0.15, 0.2) is 53.9 Å². The van der Waals surface area contributed by atoms with E-state index in [1.165, 1.54) is 10.4 Å². The summed E-state index contributed by atoms with van der Waals surface area (Å²) in [6.07, 6.45) is 1.37. The Balaban J connectivity index is 1.17. The monoisotopic (exact) mass is 435 g/mol. The van der Waals surface area contributed by atoms with Crippen LogP contribution in [0.3, 0.4) is 0 Å². The number of amides is 3. The number of nitrogens with zero attached hydrogens (tertiary/aromatic N) is 1. The smallest absolute Gasteiger partial charge is 0.239 e. The molecule has 0 spiro atoms. The van der Waals surface area contributed by atoms with Crippen LogP contribution in [-0.2, 0) is 33.8 Å². The molecule has 0 atom stereocenters. The third-order valence-electron chi connectivity index (χ3n) is 5.50. The zero-order valence-corrected chi connectivity index (χ0v) is 18.0. The summed E-state index contributed by atoms with van der Waals surface area (Å²) in [6, 6.07) is 15.8. The number of rotatable bonds is 7. The maximum Gasteiger partial charge on any atom is 0.239 e. The van der Waals surface area contributed by atoms with Crippen molar-refractivity contribution >= 4 is 39.8 Å². The topological polar surface area (TPSA) is 78.5 Å². The zero-order valence-electron chi connectivity index (χ0n) is 17.2. The van der Waals surface area contributed by atoms with E-state index in [-0.39, 0.29) is 43.7 Å². The predicted molar refractivity (Wildman–Crippen MR) is 122 cm³/mol. The van der Waals surface area contributed by atoms with Crippen LogP contribution < -0.4 is 10.6 Å². The van der Waals surface area contributed by atoms with Gasteiger partial charge in [-0.1, -0.05) is 42.5 Å². The van der Waals surface area contributed by atoms with Crippen LogP contribution in [0.5, 0.6) is 0 Å². The van der Waals surface area contributed by atoms with Crippen molar-refractivity contribution in [2.45, 2.75) is 25.8 Å². The molecule has 0 saturated carbocycles. The standard InChI is InChI=1S/C24H25N3O3S/c28-22(14-18-6-3-5-17-4-1-2-7-20(17)18)26-15-23(29)25-11-8-24(30)27-12-9-21-19(16-27)10-13-31-21/h1-7,10,13H,8-9,11-12,14-16H2,(H,25,29)(H,26,28). The Hall–Kier alpha value is -3.19. The van der Waals surface area contributed by atoms with Gasteiger partial charge in [-0.3, -0.25) is 14.4 Å². The second kappa shape index (κ2) is 9.75. The fraction of sp³-hybridized carbons (Fsp3) is 0.292. The number of carbonyl (C=O) groups excluding carboxylic acids is 3. The van der Waals surface area contributed by atoms with Gasteiger partial charge in [-0.05, 0) is 39.8 Å². The lowest BCUT2D eigenvalue weighted by Crippen LogP contribution is -2.40. The largest absolute Gasteiger partial charge is 0.354 e. The summed E-state index contributed by atoms with van der Waals surface area (Å²) in [6.45, 7) is 1.55. The molecule has 1 aliphatic rings.